The Kier molecular flexibility index (Phi) is 32.0. The number of hydrogen-bond acceptors (Lipinski definition) is 19. The third kappa shape index (κ3) is 26.9. The first-order valence-corrected chi connectivity index (χ1v) is 29.7. The number of nitrogens with two attached hydrogens (primary N) is 1. The molecule has 1 fully saturated rings. The summed E-state index contributed by atoms with van der Waals surface area (Å²) in [5.74, 6) is -2.85. The lowest BCUT2D eigenvalue weighted by Crippen LogP contribution is -2.49. The molecule has 74 heavy (non-hydrogen) atoms. The largest absolute Gasteiger partial charge is 0.481 e. The van der Waals surface area contributed by atoms with Gasteiger partial charge in [0.05, 0.1) is 25.4 Å². The lowest BCUT2D eigenvalue weighted by atomic mass is 9.92. The van der Waals surface area contributed by atoms with Crippen LogP contribution in [0.4, 0.5) is 5.82 Å². The van der Waals surface area contributed by atoms with Crippen LogP contribution in [0.5, 0.6) is 0 Å². The summed E-state index contributed by atoms with van der Waals surface area (Å²) in [6.07, 6.45) is 10.8. The van der Waals surface area contributed by atoms with Crippen LogP contribution in [-0.2, 0) is 51.0 Å². The van der Waals surface area contributed by atoms with Gasteiger partial charge >= 0.3 is 33.3 Å². The maximum absolute atomic E-state index is 13.4. The van der Waals surface area contributed by atoms with Crippen LogP contribution in [0.2, 0.25) is 0 Å². The van der Waals surface area contributed by atoms with Crippen LogP contribution >= 0.6 is 15.6 Å². The van der Waals surface area contributed by atoms with Crippen LogP contribution in [-0.4, -0.2) is 126 Å². The normalized spacial score (nSPS) is 30.0. The summed E-state index contributed by atoms with van der Waals surface area (Å²) in [6, 6.07) is 1.23. The van der Waals surface area contributed by atoms with Crippen LogP contribution in [0.15, 0.2) is 41.4 Å². The molecular formula is C50H87N3O19P2. The van der Waals surface area contributed by atoms with Crippen molar-refractivity contribution in [2.24, 2.45) is 5.92 Å². The first-order chi connectivity index (χ1) is 35.3. The van der Waals surface area contributed by atoms with Crippen molar-refractivity contribution < 1.29 is 86.3 Å². The summed E-state index contributed by atoms with van der Waals surface area (Å²) in [6.45, 7) is 1.44. The zero-order chi connectivity index (χ0) is 54.4. The van der Waals surface area contributed by atoms with Crippen molar-refractivity contribution in [3.05, 3.63) is 47.1 Å². The Morgan fingerprint density at radius 3 is 2.04 bits per heavy atom. The number of esters is 2. The smallest absolute Gasteiger partial charge is 0.462 e. The van der Waals surface area contributed by atoms with Gasteiger partial charge in [-0.05, 0) is 38.2 Å². The molecule has 1 aromatic heterocycles. The third-order valence-electron chi connectivity index (χ3n) is 12.8. The molecule has 3 rings (SSSR count). The quantitative estimate of drug-likeness (QED) is 0.0221. The molecule has 2 bridgehead atoms. The topological polar surface area (TPSA) is 335 Å². The molecule has 1 saturated heterocycles. The van der Waals surface area contributed by atoms with Gasteiger partial charge in [-0.15, -0.1) is 0 Å². The number of phosphoric ester groups is 2. The van der Waals surface area contributed by atoms with Crippen molar-refractivity contribution in [1.82, 2.24) is 9.55 Å². The van der Waals surface area contributed by atoms with E-state index < -0.39 is 121 Å². The van der Waals surface area contributed by atoms with Crippen molar-refractivity contribution >= 4 is 33.4 Å². The van der Waals surface area contributed by atoms with Crippen LogP contribution in [0.3, 0.4) is 0 Å². The zero-order valence-electron chi connectivity index (χ0n) is 43.4. The average Bonchev–Trinajstić information content (AvgIpc) is 3.35. The molecule has 0 aliphatic carbocycles. The number of phosphoric acid groups is 2. The summed E-state index contributed by atoms with van der Waals surface area (Å²) in [5, 5.41) is 56.9. The Bertz CT molecular complexity index is 1960. The molecule has 2 aliphatic rings. The van der Waals surface area contributed by atoms with Gasteiger partial charge in [0.1, 0.15) is 43.1 Å². The van der Waals surface area contributed by atoms with Gasteiger partial charge in [0.25, 0.3) is 0 Å². The van der Waals surface area contributed by atoms with Gasteiger partial charge in [0, 0.05) is 31.4 Å². The van der Waals surface area contributed by atoms with E-state index >= 15 is 0 Å². The Morgan fingerprint density at radius 2 is 1.42 bits per heavy atom. The number of carbonyl (C=O) groups excluding carboxylic acids is 2. The van der Waals surface area contributed by atoms with Crippen molar-refractivity contribution in [2.75, 3.05) is 25.6 Å². The first-order valence-electron chi connectivity index (χ1n) is 26.7. The lowest BCUT2D eigenvalue weighted by Gasteiger charge is -2.36. The molecular weight excluding hydrogens is 1010 g/mol. The number of unbranched alkanes of at least 4 members (excludes halogenated alkanes) is 16. The highest BCUT2D eigenvalue weighted by atomic mass is 31.3. The second-order valence-electron chi connectivity index (χ2n) is 19.3. The maximum Gasteiger partial charge on any atom is 0.481 e. The monoisotopic (exact) mass is 1100 g/mol. The predicted octanol–water partition coefficient (Wildman–Crippen LogP) is 7.11. The summed E-state index contributed by atoms with van der Waals surface area (Å²) >= 11 is 0. The number of nitrogens with zero attached hydrogens (tertiary/aromatic N) is 2. The second-order valence-corrected chi connectivity index (χ2v) is 22.3. The van der Waals surface area contributed by atoms with E-state index in [0.29, 0.717) is 19.3 Å². The van der Waals surface area contributed by atoms with E-state index in [9.17, 15) is 58.8 Å². The molecule has 22 nitrogen and oxygen atoms in total. The second kappa shape index (κ2) is 36.2. The van der Waals surface area contributed by atoms with E-state index in [-0.39, 0.29) is 37.9 Å². The third-order valence-corrected chi connectivity index (χ3v) is 15.4. The Balaban J connectivity index is 1.81. The van der Waals surface area contributed by atoms with Gasteiger partial charge in [-0.2, -0.15) is 9.29 Å². The molecule has 0 radical (unpaired) electrons. The number of cyclic esters (lactones) is 1. The van der Waals surface area contributed by atoms with E-state index in [1.54, 1.807) is 12.2 Å². The molecule has 3 heterocycles. The van der Waals surface area contributed by atoms with Crippen LogP contribution < -0.4 is 11.4 Å². The van der Waals surface area contributed by atoms with E-state index in [1.807, 2.05) is 6.92 Å². The fraction of sp³-hybridized carbons (Fsp3) is 0.800. The Labute approximate surface area is 436 Å². The summed E-state index contributed by atoms with van der Waals surface area (Å²) in [7, 11) is -11.3. The number of aliphatic hydroxyl groups is 5. The number of hydrogen-bond donors (Lipinski definition) is 8. The van der Waals surface area contributed by atoms with E-state index in [0.717, 1.165) is 49.3 Å². The minimum absolute atomic E-state index is 0.00124. The zero-order valence-corrected chi connectivity index (χ0v) is 45.2. The first kappa shape index (κ1) is 65.4. The average molecular weight is 1100 g/mol. The number of nitrogen functional groups attached to an aromatic ring is 1. The number of aromatic nitrogens is 2. The molecule has 2 aliphatic heterocycles. The number of rotatable bonds is 24. The fourth-order valence-electron chi connectivity index (χ4n) is 8.58. The van der Waals surface area contributed by atoms with Gasteiger partial charge in [0.15, 0.2) is 12.4 Å². The maximum atomic E-state index is 13.4. The van der Waals surface area contributed by atoms with Gasteiger partial charge in [-0.1, -0.05) is 147 Å². The van der Waals surface area contributed by atoms with Crippen molar-refractivity contribution in [3.8, 4) is 0 Å². The molecule has 0 amide bonds. The van der Waals surface area contributed by atoms with E-state index in [4.69, 9.17) is 33.7 Å². The van der Waals surface area contributed by atoms with Gasteiger partial charge < -0.3 is 60.0 Å². The highest BCUT2D eigenvalue weighted by molar-refractivity contribution is 7.61. The molecule has 3 unspecified atom stereocenters. The van der Waals surface area contributed by atoms with E-state index in [2.05, 4.69) is 16.2 Å². The highest BCUT2D eigenvalue weighted by Crippen LogP contribution is 2.60. The number of carbonyl (C=O) groups is 2. The summed E-state index contributed by atoms with van der Waals surface area (Å²) in [4.78, 5) is 64.3. The fourth-order valence-corrected chi connectivity index (χ4v) is 10.7. The predicted molar refractivity (Wildman–Crippen MR) is 274 cm³/mol. The molecule has 1 aromatic rings. The molecule has 0 saturated carbocycles. The standard InChI is InChI=1S/C50H87N3O19P2/c1-3-5-7-8-9-10-11-12-13-14-15-16-17-18-24-28-45(57)69-38-34-66-44(56)27-23-20-19-22-26-39-40(55)33-46(58)70-41(30-29-37(54)25-21-6-4-2)47(59)48(60)42(36-68-74(64,65)72-73(62,63)67-35-38)71-49(39)53-32-31-43(51)52-50(53)61/h19,22,29-32,37-42,46-49,54-55,58-60H,3-18,20-21,23-28,33-36H2,1-2H3,(H,62,63)(H,64,65)(H2,51,52,61)/b22-19?,30-29+/t37-,38+,39-,40-,41+,42+,46?,47-,48+,49+/m0/s1. The number of anilines is 1. The molecule has 9 N–H and O–H groups in total. The Morgan fingerprint density at radius 1 is 0.824 bits per heavy atom. The van der Waals surface area contributed by atoms with Crippen molar-refractivity contribution in [2.45, 2.75) is 230 Å². The minimum Gasteiger partial charge on any atom is -0.462 e. The van der Waals surface area contributed by atoms with Crippen molar-refractivity contribution in [1.29, 1.82) is 0 Å². The molecule has 12 atom stereocenters. The Hall–Kier alpha value is -2.92. The number of ether oxygens (including phenoxy) is 4. The molecule has 426 valence electrons. The summed E-state index contributed by atoms with van der Waals surface area (Å²) in [5.41, 5.74) is 4.76. The molecule has 24 heteroatoms. The van der Waals surface area contributed by atoms with E-state index in [1.165, 1.54) is 82.4 Å². The van der Waals surface area contributed by atoms with Crippen LogP contribution in [0, 0.1) is 5.92 Å². The number of fused-ring (bicyclic) bond motifs is 3. The van der Waals surface area contributed by atoms with Crippen LogP contribution in [0.1, 0.15) is 181 Å². The van der Waals surface area contributed by atoms with Gasteiger partial charge in [-0.3, -0.25) is 23.2 Å². The van der Waals surface area contributed by atoms with Crippen LogP contribution in [0.25, 0.3) is 0 Å². The minimum atomic E-state index is -5.73. The SMILES string of the molecule is CCCCCCCCCCCCCCCCCC(=O)O[C@@H]1COC(=O)CCCC=CC[C@@H]2[C@H](n3ccc(N)nc3=O)O[C@H](COP(=O)(O)OP(=O)(O)OC1)[C@@H](O)[C@@H](O)[C@@H](/C=C/[C@@H](O)CCCCC)OC(O)C[C@@H]2O. The molecule has 0 spiro atoms. The summed E-state index contributed by atoms with van der Waals surface area (Å²) < 4.78 is 64.8. The van der Waals surface area contributed by atoms with Gasteiger partial charge in [0.2, 0.25) is 0 Å². The van der Waals surface area contributed by atoms with Gasteiger partial charge in [-0.25, -0.2) is 13.9 Å². The lowest BCUT2D eigenvalue weighted by molar-refractivity contribution is -0.192. The molecule has 0 aromatic carbocycles. The number of allylic oxidation sites excluding steroid dienone is 2. The highest BCUT2D eigenvalue weighted by Gasteiger charge is 2.44. The van der Waals surface area contributed by atoms with Crippen molar-refractivity contribution in [3.63, 3.8) is 0 Å². The number of aliphatic hydroxyl groups excluding tert-OH is 5.